The van der Waals surface area contributed by atoms with E-state index in [1.54, 1.807) is 6.42 Å². The van der Waals surface area contributed by atoms with Crippen molar-refractivity contribution in [3.05, 3.63) is 28.6 Å². The maximum Gasteiger partial charge on any atom is 0.417 e. The smallest absolute Gasteiger partial charge is 0.166 e. The molecule has 0 saturated carbocycles. The van der Waals surface area contributed by atoms with Gasteiger partial charge in [-0.1, -0.05) is 28.1 Å². The molecule has 0 spiro atoms. The van der Waals surface area contributed by atoms with Gasteiger partial charge >= 0.3 is 6.18 Å². The Labute approximate surface area is 70.9 Å². The third-order valence-electron chi connectivity index (χ3n) is 1.28. The van der Waals surface area contributed by atoms with E-state index in [0.717, 1.165) is 6.08 Å². The minimum absolute atomic E-state index is 0.108. The Morgan fingerprint density at radius 2 is 2.00 bits per heavy atom. The van der Waals surface area contributed by atoms with Crippen LogP contribution in [0.5, 0.6) is 0 Å². The molecule has 0 fully saturated rings. The second-order valence-corrected chi connectivity index (χ2v) is 2.96. The molecule has 1 radical (unpaired) electrons. The van der Waals surface area contributed by atoms with Gasteiger partial charge in [0.05, 0.1) is 5.57 Å². The number of hydrogen-bond acceptors (Lipinski definition) is 0. The number of hydrogen-bond donors (Lipinski definition) is 0. The summed E-state index contributed by atoms with van der Waals surface area (Å²) in [4.78, 5) is 0. The SMILES string of the molecule is FC(F)(F)C1=CC[CH]C=C1Br. The van der Waals surface area contributed by atoms with Gasteiger partial charge in [-0.3, -0.25) is 0 Å². The predicted octanol–water partition coefficient (Wildman–Crippen LogP) is 3.36. The van der Waals surface area contributed by atoms with E-state index in [2.05, 4.69) is 15.9 Å². The third-order valence-corrected chi connectivity index (χ3v) is 1.98. The minimum atomic E-state index is -4.23. The van der Waals surface area contributed by atoms with E-state index in [-0.39, 0.29) is 4.48 Å². The topological polar surface area (TPSA) is 0 Å². The van der Waals surface area contributed by atoms with Gasteiger partial charge in [-0.15, -0.1) is 0 Å². The molecule has 0 heterocycles. The molecule has 1 rings (SSSR count). The van der Waals surface area contributed by atoms with E-state index < -0.39 is 11.7 Å². The number of halogens is 4. The van der Waals surface area contributed by atoms with E-state index in [0.29, 0.717) is 6.42 Å². The zero-order chi connectivity index (χ0) is 8.48. The van der Waals surface area contributed by atoms with E-state index in [1.165, 1.54) is 6.08 Å². The normalized spacial score (nSPS) is 19.3. The molecule has 0 saturated heterocycles. The number of rotatable bonds is 0. The summed E-state index contributed by atoms with van der Waals surface area (Å²) in [6.07, 6.45) is 0.361. The summed E-state index contributed by atoms with van der Waals surface area (Å²) in [5.74, 6) is 0. The van der Waals surface area contributed by atoms with Gasteiger partial charge in [0.2, 0.25) is 0 Å². The van der Waals surface area contributed by atoms with Crippen LogP contribution in [0.1, 0.15) is 6.42 Å². The van der Waals surface area contributed by atoms with Crippen molar-refractivity contribution in [2.24, 2.45) is 0 Å². The van der Waals surface area contributed by atoms with Crippen LogP contribution in [-0.2, 0) is 0 Å². The number of allylic oxidation sites excluding steroid dienone is 4. The van der Waals surface area contributed by atoms with Crippen LogP contribution in [-0.4, -0.2) is 6.18 Å². The van der Waals surface area contributed by atoms with Gasteiger partial charge in [-0.2, -0.15) is 13.2 Å². The van der Waals surface area contributed by atoms with Crippen molar-refractivity contribution in [2.45, 2.75) is 12.6 Å². The monoisotopic (exact) mass is 225 g/mol. The Hall–Kier alpha value is -0.250. The first-order chi connectivity index (χ1) is 5.02. The first-order valence-corrected chi connectivity index (χ1v) is 3.78. The van der Waals surface area contributed by atoms with Crippen LogP contribution < -0.4 is 0 Å². The molecule has 0 aromatic heterocycles. The summed E-state index contributed by atoms with van der Waals surface area (Å²) in [6.45, 7) is 0. The van der Waals surface area contributed by atoms with Crippen molar-refractivity contribution in [1.29, 1.82) is 0 Å². The molecule has 0 aromatic rings. The van der Waals surface area contributed by atoms with Crippen molar-refractivity contribution in [2.75, 3.05) is 0 Å². The van der Waals surface area contributed by atoms with Crippen molar-refractivity contribution >= 4 is 15.9 Å². The highest BCUT2D eigenvalue weighted by molar-refractivity contribution is 9.12. The fourth-order valence-electron chi connectivity index (χ4n) is 0.796. The fraction of sp³-hybridized carbons (Fsp3) is 0.286. The quantitative estimate of drug-likeness (QED) is 0.594. The largest absolute Gasteiger partial charge is 0.417 e. The Bertz CT molecular complexity index is 212. The lowest BCUT2D eigenvalue weighted by Crippen LogP contribution is -2.13. The molecule has 0 aliphatic heterocycles. The molecule has 0 N–H and O–H groups in total. The summed E-state index contributed by atoms with van der Waals surface area (Å²) >= 11 is 2.83. The molecular weight excluding hydrogens is 221 g/mol. The highest BCUT2D eigenvalue weighted by Crippen LogP contribution is 2.36. The second kappa shape index (κ2) is 3.01. The van der Waals surface area contributed by atoms with E-state index in [4.69, 9.17) is 0 Å². The Morgan fingerprint density at radius 3 is 2.36 bits per heavy atom. The van der Waals surface area contributed by atoms with Gasteiger partial charge in [0.25, 0.3) is 0 Å². The van der Waals surface area contributed by atoms with E-state index in [9.17, 15) is 13.2 Å². The van der Waals surface area contributed by atoms with Gasteiger partial charge in [-0.25, -0.2) is 0 Å². The third kappa shape index (κ3) is 2.09. The maximum absolute atomic E-state index is 12.0. The molecule has 61 valence electrons. The lowest BCUT2D eigenvalue weighted by atomic mass is 10.1. The van der Waals surface area contributed by atoms with Crippen LogP contribution in [0.25, 0.3) is 0 Å². The van der Waals surface area contributed by atoms with Crippen LogP contribution in [0.3, 0.4) is 0 Å². The van der Waals surface area contributed by atoms with Gasteiger partial charge in [0.1, 0.15) is 0 Å². The van der Waals surface area contributed by atoms with Crippen LogP contribution >= 0.6 is 15.9 Å². The molecule has 1 aliphatic rings. The molecule has 0 amide bonds. The van der Waals surface area contributed by atoms with Gasteiger partial charge < -0.3 is 0 Å². The van der Waals surface area contributed by atoms with Crippen LogP contribution in [0, 0.1) is 6.42 Å². The maximum atomic E-state index is 12.0. The summed E-state index contributed by atoms with van der Waals surface area (Å²) in [5, 5.41) is 0. The Morgan fingerprint density at radius 1 is 1.36 bits per heavy atom. The average molecular weight is 226 g/mol. The van der Waals surface area contributed by atoms with E-state index in [1.807, 2.05) is 0 Å². The summed E-state index contributed by atoms with van der Waals surface area (Å²) in [6, 6.07) is 0. The molecule has 0 aromatic carbocycles. The second-order valence-electron chi connectivity index (χ2n) is 2.10. The van der Waals surface area contributed by atoms with Crippen molar-refractivity contribution in [3.8, 4) is 0 Å². The Balaban J connectivity index is 2.87. The average Bonchev–Trinajstić information content (AvgIpc) is 1.86. The van der Waals surface area contributed by atoms with Crippen LogP contribution in [0.4, 0.5) is 13.2 Å². The lowest BCUT2D eigenvalue weighted by molar-refractivity contribution is -0.0888. The van der Waals surface area contributed by atoms with E-state index >= 15 is 0 Å². The summed E-state index contributed by atoms with van der Waals surface area (Å²) < 4.78 is 36.2. The molecule has 0 bridgehead atoms. The zero-order valence-electron chi connectivity index (χ0n) is 5.45. The van der Waals surface area contributed by atoms with Crippen molar-refractivity contribution in [1.82, 2.24) is 0 Å². The van der Waals surface area contributed by atoms with Gasteiger partial charge in [0.15, 0.2) is 0 Å². The highest BCUT2D eigenvalue weighted by atomic mass is 79.9. The molecule has 0 unspecified atom stereocenters. The molecule has 0 nitrogen and oxygen atoms in total. The fourth-order valence-corrected chi connectivity index (χ4v) is 1.37. The summed E-state index contributed by atoms with van der Waals surface area (Å²) in [7, 11) is 0. The first kappa shape index (κ1) is 8.84. The summed E-state index contributed by atoms with van der Waals surface area (Å²) in [5.41, 5.74) is -0.583. The van der Waals surface area contributed by atoms with Crippen LogP contribution in [0.2, 0.25) is 0 Å². The van der Waals surface area contributed by atoms with Crippen LogP contribution in [0.15, 0.2) is 22.2 Å². The van der Waals surface area contributed by atoms with Crippen molar-refractivity contribution in [3.63, 3.8) is 0 Å². The zero-order valence-corrected chi connectivity index (χ0v) is 7.04. The molecule has 4 heteroatoms. The molecular formula is C7H5BrF3. The molecule has 0 atom stereocenters. The predicted molar refractivity (Wildman–Crippen MR) is 40.1 cm³/mol. The minimum Gasteiger partial charge on any atom is -0.166 e. The van der Waals surface area contributed by atoms with Gasteiger partial charge in [-0.05, 0) is 12.8 Å². The lowest BCUT2D eigenvalue weighted by Gasteiger charge is -2.13. The van der Waals surface area contributed by atoms with Crippen molar-refractivity contribution < 1.29 is 13.2 Å². The highest BCUT2D eigenvalue weighted by Gasteiger charge is 2.35. The Kier molecular flexibility index (Phi) is 2.42. The standard InChI is InChI=1S/C7H5BrF3/c8-6-4-2-1-3-5(6)7(9,10)11/h2-4H,1H2. The van der Waals surface area contributed by atoms with Gasteiger partial charge in [0, 0.05) is 4.48 Å². The molecule has 1 aliphatic carbocycles. The number of alkyl halides is 3. The molecule has 11 heavy (non-hydrogen) atoms. The first-order valence-electron chi connectivity index (χ1n) is 2.98.